The fraction of sp³-hybridized carbons (Fsp3) is 0.400. The van der Waals surface area contributed by atoms with Gasteiger partial charge in [0.1, 0.15) is 5.82 Å². The van der Waals surface area contributed by atoms with E-state index in [1.54, 1.807) is 24.5 Å². The summed E-state index contributed by atoms with van der Waals surface area (Å²) >= 11 is 1.58. The third-order valence-electron chi connectivity index (χ3n) is 3.05. The smallest absolute Gasteiger partial charge is 0.251 e. The fourth-order valence-corrected chi connectivity index (χ4v) is 2.48. The molecule has 0 bridgehead atoms. The highest BCUT2D eigenvalue weighted by atomic mass is 32.1. The van der Waals surface area contributed by atoms with Gasteiger partial charge in [-0.1, -0.05) is 13.8 Å². The highest BCUT2D eigenvalue weighted by Crippen LogP contribution is 2.17. The zero-order chi connectivity index (χ0) is 15.4. The van der Waals surface area contributed by atoms with Crippen molar-refractivity contribution >= 4 is 23.1 Å². The summed E-state index contributed by atoms with van der Waals surface area (Å²) in [6.45, 7) is 6.51. The van der Waals surface area contributed by atoms with E-state index < -0.39 is 0 Å². The second-order valence-corrected chi connectivity index (χ2v) is 6.17. The number of amides is 1. The number of carbonyl (C=O) groups excluding carboxylic acids is 1. The van der Waals surface area contributed by atoms with Gasteiger partial charge in [0.25, 0.3) is 5.91 Å². The average Bonchev–Trinajstić information content (AvgIpc) is 2.89. The minimum Gasteiger partial charge on any atom is -0.373 e. The maximum absolute atomic E-state index is 12.3. The second kappa shape index (κ2) is 6.67. The van der Waals surface area contributed by atoms with Crippen LogP contribution in [0.3, 0.4) is 0 Å². The van der Waals surface area contributed by atoms with Gasteiger partial charge in [-0.15, -0.1) is 11.3 Å². The Morgan fingerprint density at radius 3 is 2.67 bits per heavy atom. The van der Waals surface area contributed by atoms with Crippen molar-refractivity contribution in [3.8, 4) is 0 Å². The molecule has 0 aromatic carbocycles. The Morgan fingerprint density at radius 2 is 2.10 bits per heavy atom. The first-order valence-corrected chi connectivity index (χ1v) is 7.76. The summed E-state index contributed by atoms with van der Waals surface area (Å²) in [5, 5.41) is 8.85. The van der Waals surface area contributed by atoms with Gasteiger partial charge in [0, 0.05) is 23.7 Å². The number of nitrogens with zero attached hydrogens (tertiary/aromatic N) is 2. The summed E-state index contributed by atoms with van der Waals surface area (Å²) in [5.74, 6) is 0.864. The van der Waals surface area contributed by atoms with Crippen LogP contribution in [0.2, 0.25) is 0 Å². The molecule has 2 rings (SSSR count). The van der Waals surface area contributed by atoms with Gasteiger partial charge in [-0.25, -0.2) is 9.97 Å². The van der Waals surface area contributed by atoms with Crippen molar-refractivity contribution in [3.05, 3.63) is 39.5 Å². The number of hydrogen-bond acceptors (Lipinski definition) is 5. The highest BCUT2D eigenvalue weighted by Gasteiger charge is 2.12. The van der Waals surface area contributed by atoms with Crippen molar-refractivity contribution in [2.75, 3.05) is 12.4 Å². The number of aromatic nitrogens is 2. The quantitative estimate of drug-likeness (QED) is 0.891. The van der Waals surface area contributed by atoms with E-state index in [-0.39, 0.29) is 11.8 Å². The fourth-order valence-electron chi connectivity index (χ4n) is 1.87. The molecule has 0 atom stereocenters. The summed E-state index contributed by atoms with van der Waals surface area (Å²) in [4.78, 5) is 21.1. The molecule has 6 heteroatoms. The zero-order valence-electron chi connectivity index (χ0n) is 12.7. The van der Waals surface area contributed by atoms with Gasteiger partial charge in [-0.05, 0) is 25.0 Å². The molecule has 2 aromatic heterocycles. The molecule has 0 aliphatic carbocycles. The van der Waals surface area contributed by atoms with E-state index >= 15 is 0 Å². The van der Waals surface area contributed by atoms with Crippen LogP contribution in [0.4, 0.5) is 5.82 Å². The maximum atomic E-state index is 12.3. The van der Waals surface area contributed by atoms with Gasteiger partial charge in [0.2, 0.25) is 0 Å². The molecule has 5 nitrogen and oxygen atoms in total. The first kappa shape index (κ1) is 15.4. The Bertz CT molecular complexity index is 636. The average molecular weight is 304 g/mol. The van der Waals surface area contributed by atoms with Crippen molar-refractivity contribution in [3.63, 3.8) is 0 Å². The molecule has 0 aliphatic rings. The number of rotatable bonds is 5. The Kier molecular flexibility index (Phi) is 4.90. The molecule has 0 fully saturated rings. The molecule has 2 aromatic rings. The van der Waals surface area contributed by atoms with Gasteiger partial charge < -0.3 is 10.6 Å². The van der Waals surface area contributed by atoms with Crippen molar-refractivity contribution < 1.29 is 4.79 Å². The predicted octanol–water partition coefficient (Wildman–Crippen LogP) is 2.94. The molecule has 0 saturated carbocycles. The van der Waals surface area contributed by atoms with Crippen LogP contribution in [-0.2, 0) is 6.54 Å². The molecule has 0 saturated heterocycles. The normalized spacial score (nSPS) is 10.7. The van der Waals surface area contributed by atoms with E-state index in [9.17, 15) is 4.79 Å². The molecule has 0 radical (unpaired) electrons. The lowest BCUT2D eigenvalue weighted by Crippen LogP contribution is -2.23. The van der Waals surface area contributed by atoms with Crippen molar-refractivity contribution in [2.24, 2.45) is 0 Å². The Hall–Kier alpha value is -1.95. The predicted molar refractivity (Wildman–Crippen MR) is 85.9 cm³/mol. The minimum atomic E-state index is -0.110. The highest BCUT2D eigenvalue weighted by molar-refractivity contribution is 7.09. The van der Waals surface area contributed by atoms with Crippen LogP contribution in [0.15, 0.2) is 17.5 Å². The van der Waals surface area contributed by atoms with E-state index in [0.717, 1.165) is 16.4 Å². The van der Waals surface area contributed by atoms with Crippen LogP contribution in [0.1, 0.15) is 46.5 Å². The molecular weight excluding hydrogens is 284 g/mol. The summed E-state index contributed by atoms with van der Waals surface area (Å²) < 4.78 is 0. The molecule has 0 aliphatic heterocycles. The van der Waals surface area contributed by atoms with E-state index in [2.05, 4.69) is 34.4 Å². The third kappa shape index (κ3) is 4.01. The summed E-state index contributed by atoms with van der Waals surface area (Å²) in [5.41, 5.74) is 2.40. The largest absolute Gasteiger partial charge is 0.373 e. The number of nitrogens with one attached hydrogen (secondary N) is 2. The SMILES string of the molecule is CNc1cc(C(=O)NCc2csc(C)n2)cc(C(C)C)n1. The van der Waals surface area contributed by atoms with Crippen LogP contribution >= 0.6 is 11.3 Å². The van der Waals surface area contributed by atoms with Crippen LogP contribution in [0.5, 0.6) is 0 Å². The van der Waals surface area contributed by atoms with Crippen molar-refractivity contribution in [1.82, 2.24) is 15.3 Å². The van der Waals surface area contributed by atoms with Crippen LogP contribution in [0, 0.1) is 6.92 Å². The number of thiazole rings is 1. The molecule has 112 valence electrons. The van der Waals surface area contributed by atoms with Crippen LogP contribution in [0.25, 0.3) is 0 Å². The minimum absolute atomic E-state index is 0.110. The van der Waals surface area contributed by atoms with E-state index in [1.165, 1.54) is 0 Å². The number of anilines is 1. The number of aryl methyl sites for hydroxylation is 1. The standard InChI is InChI=1S/C15H20N4OS/c1-9(2)13-5-11(6-14(16-4)19-13)15(20)17-7-12-8-21-10(3)18-12/h5-6,8-9H,7H2,1-4H3,(H,16,19)(H,17,20). The number of hydrogen-bond donors (Lipinski definition) is 2. The lowest BCUT2D eigenvalue weighted by atomic mass is 10.1. The zero-order valence-corrected chi connectivity index (χ0v) is 13.5. The summed E-state index contributed by atoms with van der Waals surface area (Å²) in [6.07, 6.45) is 0. The molecule has 0 unspecified atom stereocenters. The van der Waals surface area contributed by atoms with Crippen molar-refractivity contribution in [1.29, 1.82) is 0 Å². The van der Waals surface area contributed by atoms with E-state index in [0.29, 0.717) is 17.9 Å². The Balaban J connectivity index is 2.12. The van der Waals surface area contributed by atoms with E-state index in [4.69, 9.17) is 0 Å². The third-order valence-corrected chi connectivity index (χ3v) is 3.87. The molecule has 2 N–H and O–H groups in total. The first-order chi connectivity index (χ1) is 9.99. The Labute approximate surface area is 128 Å². The topological polar surface area (TPSA) is 66.9 Å². The van der Waals surface area contributed by atoms with Gasteiger partial charge >= 0.3 is 0 Å². The van der Waals surface area contributed by atoms with Gasteiger partial charge in [0.05, 0.1) is 17.2 Å². The molecule has 2 heterocycles. The molecular formula is C15H20N4OS. The number of carbonyl (C=O) groups is 1. The molecule has 21 heavy (non-hydrogen) atoms. The lowest BCUT2D eigenvalue weighted by molar-refractivity contribution is 0.0950. The second-order valence-electron chi connectivity index (χ2n) is 5.11. The maximum Gasteiger partial charge on any atom is 0.251 e. The van der Waals surface area contributed by atoms with Crippen LogP contribution in [-0.4, -0.2) is 22.9 Å². The first-order valence-electron chi connectivity index (χ1n) is 6.88. The molecule has 1 amide bonds. The van der Waals surface area contributed by atoms with Gasteiger partial charge in [-0.2, -0.15) is 0 Å². The van der Waals surface area contributed by atoms with Gasteiger partial charge in [0.15, 0.2) is 0 Å². The van der Waals surface area contributed by atoms with Gasteiger partial charge in [-0.3, -0.25) is 4.79 Å². The monoisotopic (exact) mass is 304 g/mol. The van der Waals surface area contributed by atoms with E-state index in [1.807, 2.05) is 18.4 Å². The lowest BCUT2D eigenvalue weighted by Gasteiger charge is -2.11. The Morgan fingerprint density at radius 1 is 1.33 bits per heavy atom. The van der Waals surface area contributed by atoms with Crippen LogP contribution < -0.4 is 10.6 Å². The molecule has 0 spiro atoms. The summed E-state index contributed by atoms with van der Waals surface area (Å²) in [7, 11) is 1.80. The van der Waals surface area contributed by atoms with Crippen molar-refractivity contribution in [2.45, 2.75) is 33.2 Å². The number of pyridine rings is 1. The summed E-state index contributed by atoms with van der Waals surface area (Å²) in [6, 6.07) is 3.60.